The van der Waals surface area contributed by atoms with Crippen LogP contribution >= 0.6 is 0 Å². The van der Waals surface area contributed by atoms with E-state index in [9.17, 15) is 4.79 Å². The molecule has 42 heavy (non-hydrogen) atoms. The number of ether oxygens (including phenoxy) is 3. The summed E-state index contributed by atoms with van der Waals surface area (Å²) >= 11 is 0. The van der Waals surface area contributed by atoms with Crippen LogP contribution in [0.5, 0.6) is 0 Å². The van der Waals surface area contributed by atoms with Crippen molar-refractivity contribution in [3.63, 3.8) is 0 Å². The van der Waals surface area contributed by atoms with Crippen molar-refractivity contribution in [3.05, 3.63) is 12.2 Å². The molecule has 0 saturated carbocycles. The molecule has 0 aromatic rings. The van der Waals surface area contributed by atoms with E-state index in [0.717, 1.165) is 32.7 Å². The van der Waals surface area contributed by atoms with E-state index < -0.39 is 0 Å². The Balaban J connectivity index is 1.78. The number of unbranched alkanes of at least 4 members (excludes halogenated alkanes) is 15. The maximum atomic E-state index is 12.1. The quantitative estimate of drug-likeness (QED) is 0.0362. The summed E-state index contributed by atoms with van der Waals surface area (Å²) in [7, 11) is 2.39. The summed E-state index contributed by atoms with van der Waals surface area (Å²) in [6.45, 7) is 14.0. The Morgan fingerprint density at radius 3 is 1.76 bits per heavy atom. The molecular formula is C36H71N2O4+. The molecule has 0 radical (unpaired) electrons. The van der Waals surface area contributed by atoms with Gasteiger partial charge in [0.25, 0.3) is 0 Å². The van der Waals surface area contributed by atoms with E-state index in [2.05, 4.69) is 37.9 Å². The third-order valence-corrected chi connectivity index (χ3v) is 8.76. The number of allylic oxidation sites excluding steroid dienone is 2. The minimum Gasteiger partial charge on any atom is -0.463 e. The Bertz CT molecular complexity index is 620. The SMILES string of the molecule is CCCCCCCC/C=C\CCCCCCCCOCCOCCOC(=O)CCN1CC[N+](C)(CCCCCC)CC1. The second-order valence-electron chi connectivity index (χ2n) is 12.8. The van der Waals surface area contributed by atoms with Gasteiger partial charge in [-0.2, -0.15) is 0 Å². The maximum Gasteiger partial charge on any atom is 0.307 e. The minimum absolute atomic E-state index is 0.114. The molecule has 0 bridgehead atoms. The van der Waals surface area contributed by atoms with Crippen molar-refractivity contribution >= 4 is 5.97 Å². The Morgan fingerprint density at radius 1 is 0.643 bits per heavy atom. The molecule has 1 heterocycles. The number of nitrogens with zero attached hydrogens (tertiary/aromatic N) is 2. The summed E-state index contributed by atoms with van der Waals surface area (Å²) in [4.78, 5) is 14.5. The highest BCUT2D eigenvalue weighted by Gasteiger charge is 2.28. The molecule has 0 aromatic carbocycles. The first-order valence-electron chi connectivity index (χ1n) is 18.1. The second kappa shape index (κ2) is 28.8. The number of hydrogen-bond donors (Lipinski definition) is 0. The second-order valence-corrected chi connectivity index (χ2v) is 12.8. The summed E-state index contributed by atoms with van der Waals surface area (Å²) in [5.41, 5.74) is 0. The van der Waals surface area contributed by atoms with Crippen LogP contribution in [0.1, 0.15) is 136 Å². The molecule has 1 aliphatic rings. The van der Waals surface area contributed by atoms with Gasteiger partial charge in [-0.15, -0.1) is 0 Å². The molecule has 1 saturated heterocycles. The molecule has 0 N–H and O–H groups in total. The smallest absolute Gasteiger partial charge is 0.307 e. The van der Waals surface area contributed by atoms with Crippen LogP contribution in [0.15, 0.2) is 12.2 Å². The largest absolute Gasteiger partial charge is 0.463 e. The van der Waals surface area contributed by atoms with Crippen LogP contribution in [-0.2, 0) is 19.0 Å². The number of carbonyl (C=O) groups excluding carboxylic acids is 1. The molecule has 6 heteroatoms. The first-order valence-corrected chi connectivity index (χ1v) is 18.1. The van der Waals surface area contributed by atoms with Crippen LogP contribution in [-0.4, -0.2) is 94.7 Å². The standard InChI is InChI=1S/C36H71N2O4/c1-4-6-8-10-11-12-13-14-15-16-17-18-19-20-21-23-31-40-32-33-41-34-35-42-36(39)24-25-37-26-29-38(3,30-27-37)28-22-9-7-5-2/h14-15H,4-13,16-35H2,1-3H3/q+1/b15-14-. The molecule has 6 nitrogen and oxygen atoms in total. The lowest BCUT2D eigenvalue weighted by molar-refractivity contribution is -0.913. The van der Waals surface area contributed by atoms with Gasteiger partial charge in [-0.1, -0.05) is 96.6 Å². The van der Waals surface area contributed by atoms with E-state index in [4.69, 9.17) is 14.2 Å². The lowest BCUT2D eigenvalue weighted by atomic mass is 10.1. The number of carbonyl (C=O) groups is 1. The number of likely N-dealkylation sites (N-methyl/N-ethyl adjacent to an activating group) is 1. The fraction of sp³-hybridized carbons (Fsp3) is 0.917. The molecule has 1 aliphatic heterocycles. The van der Waals surface area contributed by atoms with Gasteiger partial charge in [0.1, 0.15) is 6.61 Å². The molecule has 0 amide bonds. The highest BCUT2D eigenvalue weighted by Crippen LogP contribution is 2.14. The van der Waals surface area contributed by atoms with E-state index in [1.807, 2.05) is 0 Å². The van der Waals surface area contributed by atoms with Crippen LogP contribution in [0.4, 0.5) is 0 Å². The van der Waals surface area contributed by atoms with Gasteiger partial charge in [-0.05, 0) is 44.9 Å². The van der Waals surface area contributed by atoms with Gasteiger partial charge in [0, 0.05) is 26.2 Å². The number of piperazine rings is 1. The number of quaternary nitrogens is 1. The van der Waals surface area contributed by atoms with Crippen molar-refractivity contribution in [2.45, 2.75) is 136 Å². The van der Waals surface area contributed by atoms with Crippen molar-refractivity contribution in [1.82, 2.24) is 4.90 Å². The molecule has 1 fully saturated rings. The van der Waals surface area contributed by atoms with Crippen molar-refractivity contribution in [1.29, 1.82) is 0 Å². The average molecular weight is 596 g/mol. The molecule has 0 unspecified atom stereocenters. The first-order chi connectivity index (χ1) is 20.6. The van der Waals surface area contributed by atoms with E-state index in [-0.39, 0.29) is 5.97 Å². The number of hydrogen-bond acceptors (Lipinski definition) is 5. The van der Waals surface area contributed by atoms with Crippen molar-refractivity contribution in [3.8, 4) is 0 Å². The fourth-order valence-corrected chi connectivity index (χ4v) is 5.67. The summed E-state index contributed by atoms with van der Waals surface area (Å²) in [6, 6.07) is 0. The normalized spacial score (nSPS) is 15.5. The van der Waals surface area contributed by atoms with Gasteiger partial charge in [0.2, 0.25) is 0 Å². The van der Waals surface area contributed by atoms with Gasteiger partial charge < -0.3 is 18.7 Å². The summed E-state index contributed by atoms with van der Waals surface area (Å²) in [5, 5.41) is 0. The van der Waals surface area contributed by atoms with Crippen LogP contribution in [0, 0.1) is 0 Å². The maximum absolute atomic E-state index is 12.1. The minimum atomic E-state index is -0.114. The average Bonchev–Trinajstić information content (AvgIpc) is 2.99. The van der Waals surface area contributed by atoms with Gasteiger partial charge in [0.15, 0.2) is 0 Å². The van der Waals surface area contributed by atoms with E-state index in [1.165, 1.54) is 133 Å². The number of rotatable bonds is 30. The van der Waals surface area contributed by atoms with Crippen LogP contribution in [0.2, 0.25) is 0 Å². The zero-order chi connectivity index (χ0) is 30.4. The predicted molar refractivity (Wildman–Crippen MR) is 178 cm³/mol. The molecule has 248 valence electrons. The van der Waals surface area contributed by atoms with Crippen molar-refractivity contribution in [2.24, 2.45) is 0 Å². The van der Waals surface area contributed by atoms with Gasteiger partial charge in [0.05, 0.1) is 52.9 Å². The predicted octanol–water partition coefficient (Wildman–Crippen LogP) is 8.33. The van der Waals surface area contributed by atoms with E-state index in [0.29, 0.717) is 32.8 Å². The monoisotopic (exact) mass is 596 g/mol. The topological polar surface area (TPSA) is 48.0 Å². The fourth-order valence-electron chi connectivity index (χ4n) is 5.67. The van der Waals surface area contributed by atoms with Crippen LogP contribution in [0.3, 0.4) is 0 Å². The van der Waals surface area contributed by atoms with Crippen molar-refractivity contribution in [2.75, 3.05) is 79.4 Å². The lowest BCUT2D eigenvalue weighted by Gasteiger charge is -2.42. The Labute approximate surface area is 261 Å². The van der Waals surface area contributed by atoms with Crippen LogP contribution < -0.4 is 0 Å². The molecule has 1 rings (SSSR count). The Morgan fingerprint density at radius 2 is 1.14 bits per heavy atom. The first kappa shape index (κ1) is 39.1. The van der Waals surface area contributed by atoms with Crippen molar-refractivity contribution < 1.29 is 23.5 Å². The summed E-state index contributed by atoms with van der Waals surface area (Å²) in [5.74, 6) is -0.114. The highest BCUT2D eigenvalue weighted by atomic mass is 16.6. The van der Waals surface area contributed by atoms with E-state index in [1.54, 1.807) is 0 Å². The van der Waals surface area contributed by atoms with E-state index >= 15 is 0 Å². The van der Waals surface area contributed by atoms with Gasteiger partial charge >= 0.3 is 5.97 Å². The zero-order valence-corrected chi connectivity index (χ0v) is 28.4. The highest BCUT2D eigenvalue weighted by molar-refractivity contribution is 5.69. The summed E-state index contributed by atoms with van der Waals surface area (Å²) in [6.07, 6.45) is 29.1. The third-order valence-electron chi connectivity index (χ3n) is 8.76. The zero-order valence-electron chi connectivity index (χ0n) is 28.4. The third kappa shape index (κ3) is 24.5. The van der Waals surface area contributed by atoms with Crippen LogP contribution in [0.25, 0.3) is 0 Å². The summed E-state index contributed by atoms with van der Waals surface area (Å²) < 4.78 is 17.8. The molecule has 0 aliphatic carbocycles. The molecule has 0 spiro atoms. The molecule has 0 aromatic heterocycles. The number of esters is 1. The molecular weight excluding hydrogens is 524 g/mol. The van der Waals surface area contributed by atoms with Gasteiger partial charge in [-0.3, -0.25) is 9.69 Å². The Kier molecular flexibility index (Phi) is 26.8. The van der Waals surface area contributed by atoms with Gasteiger partial charge in [-0.25, -0.2) is 0 Å². The molecule has 0 atom stereocenters. The Hall–Kier alpha value is -0.950. The lowest BCUT2D eigenvalue weighted by Crippen LogP contribution is -2.57.